The molecule has 16 heteroatoms. The molecule has 0 saturated carbocycles. The monoisotopic (exact) mass is 698 g/mol. The van der Waals surface area contributed by atoms with Crippen molar-refractivity contribution < 1.29 is 49.8 Å². The third-order valence-electron chi connectivity index (χ3n) is 8.96. The van der Waals surface area contributed by atoms with Gasteiger partial charge in [0, 0.05) is 42.7 Å². The number of hydrogen-bond acceptors (Lipinski definition) is 7. The fourth-order valence-electron chi connectivity index (χ4n) is 6.07. The highest BCUT2D eigenvalue weighted by Crippen LogP contribution is 2.33. The van der Waals surface area contributed by atoms with Crippen LogP contribution in [-0.4, -0.2) is 97.2 Å². The molecule has 0 radical (unpaired) electrons. The van der Waals surface area contributed by atoms with Crippen molar-refractivity contribution in [2.24, 2.45) is 4.99 Å². The van der Waals surface area contributed by atoms with E-state index in [-0.39, 0.29) is 69.2 Å². The Hall–Kier alpha value is -3.89. The van der Waals surface area contributed by atoms with Crippen LogP contribution in [0.1, 0.15) is 58.3 Å². The molecule has 3 heterocycles. The number of carbonyl (C=O) groups is 2. The van der Waals surface area contributed by atoms with Gasteiger partial charge in [-0.2, -0.15) is 17.5 Å². The van der Waals surface area contributed by atoms with Crippen molar-refractivity contribution in [2.45, 2.75) is 56.8 Å². The lowest BCUT2D eigenvalue weighted by molar-refractivity contribution is -0.153. The molecule has 3 aliphatic heterocycles. The van der Waals surface area contributed by atoms with Crippen molar-refractivity contribution in [3.63, 3.8) is 0 Å². The van der Waals surface area contributed by atoms with Crippen LogP contribution in [0.4, 0.5) is 22.0 Å². The fraction of sp³-hybridized carbons (Fsp3) is 0.469. The number of nitrogens with zero attached hydrogens (tertiary/aromatic N) is 3. The summed E-state index contributed by atoms with van der Waals surface area (Å²) >= 11 is 0. The molecule has 1 spiro atoms. The van der Waals surface area contributed by atoms with E-state index in [0.717, 1.165) is 17.5 Å². The number of halogens is 5. The van der Waals surface area contributed by atoms with Crippen LogP contribution in [0.15, 0.2) is 40.7 Å². The zero-order chi connectivity index (χ0) is 35.1. The first kappa shape index (κ1) is 35.4. The summed E-state index contributed by atoms with van der Waals surface area (Å²) in [5.41, 5.74) is -0.231. The predicted molar refractivity (Wildman–Crippen MR) is 166 cm³/mol. The van der Waals surface area contributed by atoms with Gasteiger partial charge in [0.05, 0.1) is 5.60 Å². The van der Waals surface area contributed by atoms with Gasteiger partial charge in [0.2, 0.25) is 10.0 Å². The molecule has 0 aromatic heterocycles. The number of ether oxygens (including phenoxy) is 1. The largest absolute Gasteiger partial charge is 0.481 e. The number of benzene rings is 2. The Balaban J connectivity index is 1.23. The molecular formula is C32H35F5N4O6S. The van der Waals surface area contributed by atoms with Crippen LogP contribution in [-0.2, 0) is 14.8 Å². The van der Waals surface area contributed by atoms with E-state index in [2.05, 4.69) is 15.0 Å². The number of piperidine rings is 2. The number of rotatable bonds is 8. The van der Waals surface area contributed by atoms with Crippen LogP contribution >= 0.6 is 0 Å². The quantitative estimate of drug-likeness (QED) is 0.401. The Labute approximate surface area is 274 Å². The minimum absolute atomic E-state index is 0.0203. The van der Waals surface area contributed by atoms with Gasteiger partial charge in [-0.15, -0.1) is 0 Å². The van der Waals surface area contributed by atoms with Crippen LogP contribution in [0.25, 0.3) is 6.08 Å². The maximum absolute atomic E-state index is 14.4. The van der Waals surface area contributed by atoms with Gasteiger partial charge < -0.3 is 20.1 Å². The van der Waals surface area contributed by atoms with Crippen LogP contribution in [0.3, 0.4) is 0 Å². The van der Waals surface area contributed by atoms with Gasteiger partial charge in [-0.1, -0.05) is 0 Å². The summed E-state index contributed by atoms with van der Waals surface area (Å²) in [7, 11) is -3.93. The fourth-order valence-corrected chi connectivity index (χ4v) is 7.24. The Morgan fingerprint density at radius 3 is 2.25 bits per heavy atom. The average molecular weight is 699 g/mol. The van der Waals surface area contributed by atoms with E-state index in [9.17, 15) is 45.1 Å². The number of amides is 2. The van der Waals surface area contributed by atoms with Crippen LogP contribution in [0.2, 0.25) is 0 Å². The van der Waals surface area contributed by atoms with E-state index in [1.165, 1.54) is 16.4 Å². The van der Waals surface area contributed by atoms with Crippen molar-refractivity contribution in [1.82, 2.24) is 14.5 Å². The maximum Gasteiger partial charge on any atom is 0.422 e. The number of nitrogens with one attached hydrogen (secondary N) is 1. The number of aliphatic hydroxyl groups is 1. The predicted octanol–water partition coefficient (Wildman–Crippen LogP) is 4.03. The summed E-state index contributed by atoms with van der Waals surface area (Å²) in [6.45, 7) is 1.35. The topological polar surface area (TPSA) is 129 Å². The van der Waals surface area contributed by atoms with Gasteiger partial charge in [0.1, 0.15) is 18.0 Å². The number of carbonyl (C=O) groups excluding carboxylic acids is 2. The number of hydrogen-bond donors (Lipinski definition) is 2. The van der Waals surface area contributed by atoms with Crippen molar-refractivity contribution in [3.8, 4) is 5.75 Å². The van der Waals surface area contributed by atoms with E-state index in [1.54, 1.807) is 30.9 Å². The third kappa shape index (κ3) is 7.55. The molecule has 0 unspecified atom stereocenters. The summed E-state index contributed by atoms with van der Waals surface area (Å²) in [5, 5.41) is 13.8. The lowest BCUT2D eigenvalue weighted by Crippen LogP contribution is -2.50. The molecule has 0 atom stereocenters. The minimum atomic E-state index is -4.64. The van der Waals surface area contributed by atoms with Gasteiger partial charge in [0.15, 0.2) is 18.2 Å². The minimum Gasteiger partial charge on any atom is -0.481 e. The lowest BCUT2D eigenvalue weighted by Gasteiger charge is -2.36. The third-order valence-corrected chi connectivity index (χ3v) is 10.5. The van der Waals surface area contributed by atoms with E-state index in [1.807, 2.05) is 0 Å². The van der Waals surface area contributed by atoms with Gasteiger partial charge in [-0.3, -0.25) is 14.6 Å². The molecule has 2 aromatic carbocycles. The molecule has 2 N–H and O–H groups in total. The van der Waals surface area contributed by atoms with E-state index < -0.39 is 58.1 Å². The smallest absolute Gasteiger partial charge is 0.422 e. The molecule has 3 aliphatic rings. The molecule has 10 nitrogen and oxygen atoms in total. The molecule has 2 fully saturated rings. The Kier molecular flexibility index (Phi) is 9.74. The van der Waals surface area contributed by atoms with Gasteiger partial charge >= 0.3 is 6.18 Å². The van der Waals surface area contributed by atoms with Crippen molar-refractivity contribution >= 4 is 33.7 Å². The van der Waals surface area contributed by atoms with Gasteiger partial charge in [0.25, 0.3) is 11.8 Å². The highest BCUT2D eigenvalue weighted by atomic mass is 32.2. The summed E-state index contributed by atoms with van der Waals surface area (Å²) in [5.74, 6) is -2.40. The number of sulfonamides is 1. The highest BCUT2D eigenvalue weighted by Gasteiger charge is 2.47. The summed E-state index contributed by atoms with van der Waals surface area (Å²) in [6, 6.07) is 6.50. The first-order valence-corrected chi connectivity index (χ1v) is 16.7. The van der Waals surface area contributed by atoms with E-state index in [0.29, 0.717) is 22.3 Å². The normalized spacial score (nSPS) is 19.9. The zero-order valence-corrected chi connectivity index (χ0v) is 27.1. The van der Waals surface area contributed by atoms with Crippen LogP contribution in [0.5, 0.6) is 5.75 Å². The Bertz CT molecular complexity index is 1740. The SMILES string of the molecule is Cc1cc(C(=O)N2CCC(O)(CF)CC2)cc(C)c1/C=C/S(=O)(=O)N1CCC2(CC1)N=C(c1ccc(OCC(F)(F)F)c(F)c1)NC2=O. The first-order valence-electron chi connectivity index (χ1n) is 15.2. The lowest BCUT2D eigenvalue weighted by atomic mass is 9.89. The summed E-state index contributed by atoms with van der Waals surface area (Å²) < 4.78 is 97.0. The second-order valence-corrected chi connectivity index (χ2v) is 14.2. The van der Waals surface area contributed by atoms with Gasteiger partial charge in [-0.05, 0) is 92.6 Å². The zero-order valence-electron chi connectivity index (χ0n) is 26.2. The number of aliphatic imine (C=N–C) groups is 1. The number of aryl methyl sites for hydroxylation is 2. The number of amidine groups is 1. The van der Waals surface area contributed by atoms with E-state index in [4.69, 9.17) is 0 Å². The molecule has 2 saturated heterocycles. The standard InChI is InChI=1S/C32H35F5N4O6S/c1-20-15-23(28(42)40-10-6-30(44,18-33)7-11-40)16-21(2)24(20)5-14-48(45,46)41-12-8-31(9-13-41)29(43)38-27(39-31)22-3-4-26(25(34)17-22)47-19-32(35,36)37/h3-5,14-17,44H,6-13,18-19H2,1-2H3,(H,38,39,43)/b14-5+. The van der Waals surface area contributed by atoms with Crippen LogP contribution < -0.4 is 10.1 Å². The molecular weight excluding hydrogens is 663 g/mol. The second kappa shape index (κ2) is 13.2. The van der Waals surface area contributed by atoms with Crippen molar-refractivity contribution in [2.75, 3.05) is 39.5 Å². The molecule has 0 aliphatic carbocycles. The number of likely N-dealkylation sites (tertiary alicyclic amines) is 1. The molecule has 0 bridgehead atoms. The molecule has 2 aromatic rings. The summed E-state index contributed by atoms with van der Waals surface area (Å²) in [4.78, 5) is 32.1. The number of alkyl halides is 4. The highest BCUT2D eigenvalue weighted by molar-refractivity contribution is 7.92. The molecule has 2 amide bonds. The molecule has 48 heavy (non-hydrogen) atoms. The Morgan fingerprint density at radius 1 is 1.06 bits per heavy atom. The van der Waals surface area contributed by atoms with Crippen LogP contribution in [0, 0.1) is 19.7 Å². The second-order valence-electron chi connectivity index (χ2n) is 12.4. The van der Waals surface area contributed by atoms with E-state index >= 15 is 0 Å². The van der Waals surface area contributed by atoms with Gasteiger partial charge in [-0.25, -0.2) is 17.2 Å². The average Bonchev–Trinajstić information content (AvgIpc) is 3.34. The van der Waals surface area contributed by atoms with Crippen molar-refractivity contribution in [1.29, 1.82) is 0 Å². The maximum atomic E-state index is 14.4. The summed E-state index contributed by atoms with van der Waals surface area (Å²) in [6.07, 6.45) is -2.83. The molecule has 260 valence electrons. The first-order chi connectivity index (χ1) is 22.4. The Morgan fingerprint density at radius 2 is 1.69 bits per heavy atom. The van der Waals surface area contributed by atoms with Crippen molar-refractivity contribution in [3.05, 3.63) is 69.4 Å². The molecule has 5 rings (SSSR count).